The zero-order valence-electron chi connectivity index (χ0n) is 10.9. The van der Waals surface area contributed by atoms with Crippen LogP contribution in [0.15, 0.2) is 24.3 Å². The molecule has 19 heavy (non-hydrogen) atoms. The number of carbonyl (C=O) groups is 1. The molecule has 0 heterocycles. The third-order valence-corrected chi connectivity index (χ3v) is 2.89. The molecule has 0 aliphatic carbocycles. The van der Waals surface area contributed by atoms with Gasteiger partial charge in [0.05, 0.1) is 6.04 Å². The summed E-state index contributed by atoms with van der Waals surface area (Å²) in [6.07, 6.45) is 0.781. The largest absolute Gasteiger partial charge is 0.435 e. The number of hydrogen-bond acceptors (Lipinski definition) is 3. The summed E-state index contributed by atoms with van der Waals surface area (Å²) in [4.78, 5) is 11.8. The van der Waals surface area contributed by atoms with Gasteiger partial charge in [0.2, 0.25) is 5.91 Å². The van der Waals surface area contributed by atoms with E-state index in [1.165, 1.54) is 18.2 Å². The Bertz CT molecular complexity index is 427. The Balaban J connectivity index is 2.69. The average Bonchev–Trinajstić information content (AvgIpc) is 2.36. The predicted octanol–water partition coefficient (Wildman–Crippen LogP) is 2.60. The van der Waals surface area contributed by atoms with Crippen LogP contribution in [0, 0.1) is 5.92 Å². The van der Waals surface area contributed by atoms with Gasteiger partial charge in [-0.2, -0.15) is 8.78 Å². The van der Waals surface area contributed by atoms with Gasteiger partial charge in [-0.3, -0.25) is 4.79 Å². The van der Waals surface area contributed by atoms with Crippen LogP contribution in [0.25, 0.3) is 0 Å². The second-order valence-electron chi connectivity index (χ2n) is 4.31. The quantitative estimate of drug-likeness (QED) is 0.836. The molecule has 0 aromatic heterocycles. The molecule has 0 bridgehead atoms. The smallest absolute Gasteiger partial charge is 0.387 e. The van der Waals surface area contributed by atoms with Crippen LogP contribution >= 0.6 is 0 Å². The van der Waals surface area contributed by atoms with E-state index in [0.717, 1.165) is 6.42 Å². The maximum Gasteiger partial charge on any atom is 0.387 e. The summed E-state index contributed by atoms with van der Waals surface area (Å²) >= 11 is 0. The number of ether oxygens (including phenoxy) is 1. The van der Waals surface area contributed by atoms with E-state index in [2.05, 4.69) is 10.1 Å². The standard InChI is InChI=1S/C13H18F2N2O2/c1-3-8(2)11(16)12(18)17-9-5-4-6-10(7-9)19-13(14)15/h4-8,11,13H,3,16H2,1-2H3,(H,17,18). The SMILES string of the molecule is CCC(C)C(N)C(=O)Nc1cccc(OC(F)F)c1. The van der Waals surface area contributed by atoms with Gasteiger partial charge in [0.1, 0.15) is 5.75 Å². The first-order valence-electron chi connectivity index (χ1n) is 6.05. The number of hydrogen-bond donors (Lipinski definition) is 2. The molecule has 2 unspecified atom stereocenters. The molecule has 6 heteroatoms. The molecular weight excluding hydrogens is 254 g/mol. The van der Waals surface area contributed by atoms with Crippen molar-refractivity contribution in [2.45, 2.75) is 32.9 Å². The Kier molecular flexibility index (Phi) is 5.69. The van der Waals surface area contributed by atoms with Crippen molar-refractivity contribution in [1.82, 2.24) is 0 Å². The van der Waals surface area contributed by atoms with Gasteiger partial charge in [0, 0.05) is 11.8 Å². The fraction of sp³-hybridized carbons (Fsp3) is 0.462. The van der Waals surface area contributed by atoms with Gasteiger partial charge in [-0.25, -0.2) is 0 Å². The Morgan fingerprint density at radius 3 is 2.74 bits per heavy atom. The molecular formula is C13H18F2N2O2. The zero-order chi connectivity index (χ0) is 14.4. The molecule has 0 radical (unpaired) electrons. The van der Waals surface area contributed by atoms with E-state index in [0.29, 0.717) is 5.69 Å². The normalized spacial score (nSPS) is 14.0. The van der Waals surface area contributed by atoms with E-state index in [9.17, 15) is 13.6 Å². The molecule has 0 fully saturated rings. The van der Waals surface area contributed by atoms with Crippen LogP contribution in [0.5, 0.6) is 5.75 Å². The van der Waals surface area contributed by atoms with Crippen LogP contribution in [-0.2, 0) is 4.79 Å². The number of nitrogens with two attached hydrogens (primary N) is 1. The van der Waals surface area contributed by atoms with Crippen molar-refractivity contribution < 1.29 is 18.3 Å². The Labute approximate surface area is 110 Å². The van der Waals surface area contributed by atoms with Gasteiger partial charge in [0.25, 0.3) is 0 Å². The van der Waals surface area contributed by atoms with Gasteiger partial charge in [-0.1, -0.05) is 26.3 Å². The molecule has 1 rings (SSSR count). The highest BCUT2D eigenvalue weighted by Gasteiger charge is 2.19. The third-order valence-electron chi connectivity index (χ3n) is 2.89. The van der Waals surface area contributed by atoms with Crippen molar-refractivity contribution in [3.8, 4) is 5.75 Å². The molecule has 1 aromatic rings. The Morgan fingerprint density at radius 2 is 2.16 bits per heavy atom. The zero-order valence-corrected chi connectivity index (χ0v) is 10.9. The minimum Gasteiger partial charge on any atom is -0.435 e. The lowest BCUT2D eigenvalue weighted by Crippen LogP contribution is -2.40. The van der Waals surface area contributed by atoms with Crippen molar-refractivity contribution in [2.75, 3.05) is 5.32 Å². The maximum atomic E-state index is 12.1. The highest BCUT2D eigenvalue weighted by molar-refractivity contribution is 5.95. The number of amides is 1. The number of halogens is 2. The van der Waals surface area contributed by atoms with Crippen molar-refractivity contribution in [3.05, 3.63) is 24.3 Å². The monoisotopic (exact) mass is 272 g/mol. The fourth-order valence-electron chi connectivity index (χ4n) is 1.49. The fourth-order valence-corrected chi connectivity index (χ4v) is 1.49. The van der Waals surface area contributed by atoms with E-state index in [-0.39, 0.29) is 17.6 Å². The Morgan fingerprint density at radius 1 is 1.47 bits per heavy atom. The van der Waals surface area contributed by atoms with Crippen LogP contribution in [0.4, 0.5) is 14.5 Å². The van der Waals surface area contributed by atoms with Gasteiger partial charge < -0.3 is 15.8 Å². The number of nitrogens with one attached hydrogen (secondary N) is 1. The number of rotatable bonds is 6. The Hall–Kier alpha value is -1.69. The number of carbonyl (C=O) groups excluding carboxylic acids is 1. The molecule has 1 amide bonds. The summed E-state index contributed by atoms with van der Waals surface area (Å²) < 4.78 is 28.4. The third kappa shape index (κ3) is 4.82. The van der Waals surface area contributed by atoms with Crippen molar-refractivity contribution >= 4 is 11.6 Å². The van der Waals surface area contributed by atoms with Crippen LogP contribution < -0.4 is 15.8 Å². The lowest BCUT2D eigenvalue weighted by Gasteiger charge is -2.18. The molecule has 1 aromatic carbocycles. The summed E-state index contributed by atoms with van der Waals surface area (Å²) in [5.41, 5.74) is 6.15. The summed E-state index contributed by atoms with van der Waals surface area (Å²) in [5.74, 6) is -0.311. The topological polar surface area (TPSA) is 64.4 Å². The summed E-state index contributed by atoms with van der Waals surface area (Å²) in [6, 6.07) is 5.18. The van der Waals surface area contributed by atoms with Crippen LogP contribution in [0.2, 0.25) is 0 Å². The average molecular weight is 272 g/mol. The highest BCUT2D eigenvalue weighted by atomic mass is 19.3. The van der Waals surface area contributed by atoms with Crippen molar-refractivity contribution in [1.29, 1.82) is 0 Å². The van der Waals surface area contributed by atoms with Gasteiger partial charge in [0.15, 0.2) is 0 Å². The number of alkyl halides is 2. The van der Waals surface area contributed by atoms with E-state index in [1.807, 2.05) is 13.8 Å². The number of benzene rings is 1. The molecule has 0 spiro atoms. The van der Waals surface area contributed by atoms with Gasteiger partial charge >= 0.3 is 6.61 Å². The van der Waals surface area contributed by atoms with Crippen LogP contribution in [-0.4, -0.2) is 18.6 Å². The molecule has 3 N–H and O–H groups in total. The number of anilines is 1. The van der Waals surface area contributed by atoms with Crippen molar-refractivity contribution in [2.24, 2.45) is 11.7 Å². The van der Waals surface area contributed by atoms with E-state index >= 15 is 0 Å². The first kappa shape index (κ1) is 15.4. The van der Waals surface area contributed by atoms with E-state index in [1.54, 1.807) is 6.07 Å². The minimum absolute atomic E-state index is 0.00934. The molecule has 0 saturated heterocycles. The first-order valence-corrected chi connectivity index (χ1v) is 6.05. The van der Waals surface area contributed by atoms with E-state index < -0.39 is 12.7 Å². The van der Waals surface area contributed by atoms with Gasteiger partial charge in [-0.05, 0) is 18.1 Å². The molecule has 4 nitrogen and oxygen atoms in total. The first-order chi connectivity index (χ1) is 8.93. The van der Waals surface area contributed by atoms with Crippen molar-refractivity contribution in [3.63, 3.8) is 0 Å². The van der Waals surface area contributed by atoms with Crippen LogP contribution in [0.3, 0.4) is 0 Å². The molecule has 0 aliphatic heterocycles. The minimum atomic E-state index is -2.90. The molecule has 0 aliphatic rings. The maximum absolute atomic E-state index is 12.1. The van der Waals surface area contributed by atoms with Gasteiger partial charge in [-0.15, -0.1) is 0 Å². The van der Waals surface area contributed by atoms with Crippen LogP contribution in [0.1, 0.15) is 20.3 Å². The van der Waals surface area contributed by atoms with E-state index in [4.69, 9.17) is 5.73 Å². The lowest BCUT2D eigenvalue weighted by atomic mass is 9.99. The molecule has 106 valence electrons. The lowest BCUT2D eigenvalue weighted by molar-refractivity contribution is -0.118. The predicted molar refractivity (Wildman–Crippen MR) is 69.1 cm³/mol. The summed E-state index contributed by atoms with van der Waals surface area (Å²) in [5, 5.41) is 2.58. The summed E-state index contributed by atoms with van der Waals surface area (Å²) in [7, 11) is 0. The molecule has 2 atom stereocenters. The highest BCUT2D eigenvalue weighted by Crippen LogP contribution is 2.19. The second kappa shape index (κ2) is 7.04. The summed E-state index contributed by atoms with van der Waals surface area (Å²) in [6.45, 7) is 0.920. The second-order valence-corrected chi connectivity index (χ2v) is 4.31. The molecule has 0 saturated carbocycles.